The molecule has 0 aromatic rings. The van der Waals surface area contributed by atoms with Crippen molar-refractivity contribution < 1.29 is 14.3 Å². The van der Waals surface area contributed by atoms with E-state index < -0.39 is 0 Å². The minimum Gasteiger partial charge on any atom is -0.352 e. The maximum absolute atomic E-state index is 5.36. The van der Waals surface area contributed by atoms with E-state index in [9.17, 15) is 0 Å². The molecule has 4 heteroatoms. The predicted octanol–water partition coefficient (Wildman–Crippen LogP) is 0.808. The van der Waals surface area contributed by atoms with Gasteiger partial charge >= 0.3 is 0 Å². The molecule has 1 fully saturated rings. The highest BCUT2D eigenvalue weighted by molar-refractivity contribution is 4.66. The summed E-state index contributed by atoms with van der Waals surface area (Å²) in [6.45, 7) is 5.31. The lowest BCUT2D eigenvalue weighted by molar-refractivity contribution is -0.219. The minimum absolute atomic E-state index is 0.0126. The third kappa shape index (κ3) is 3.06. The van der Waals surface area contributed by atoms with Crippen LogP contribution in [-0.4, -0.2) is 25.1 Å². The maximum Gasteiger partial charge on any atom is 0.159 e. The van der Waals surface area contributed by atoms with Crippen LogP contribution in [0, 0.1) is 0 Å². The summed E-state index contributed by atoms with van der Waals surface area (Å²) >= 11 is 0. The molecule has 4 nitrogen and oxygen atoms in total. The van der Waals surface area contributed by atoms with Crippen molar-refractivity contribution in [2.75, 3.05) is 13.2 Å². The van der Waals surface area contributed by atoms with Crippen molar-refractivity contribution in [3.8, 4) is 0 Å². The van der Waals surface area contributed by atoms with E-state index >= 15 is 0 Å². The Kier molecular flexibility index (Phi) is 3.46. The number of hydrogen-bond donors (Lipinski definition) is 1. The fraction of sp³-hybridized carbons (Fsp3) is 1.00. The van der Waals surface area contributed by atoms with Crippen molar-refractivity contribution in [3.63, 3.8) is 0 Å². The molecular formula is C8H17NO3. The molecule has 0 bridgehead atoms. The molecule has 0 aromatic carbocycles. The van der Waals surface area contributed by atoms with Crippen LogP contribution in [0.25, 0.3) is 0 Å². The second-order valence-electron chi connectivity index (χ2n) is 3.59. The second-order valence-corrected chi connectivity index (χ2v) is 3.59. The Bertz CT molecular complexity index is 134. The van der Waals surface area contributed by atoms with Crippen molar-refractivity contribution in [1.29, 1.82) is 0 Å². The maximum atomic E-state index is 5.36. The summed E-state index contributed by atoms with van der Waals surface area (Å²) < 4.78 is 10.4. The van der Waals surface area contributed by atoms with Gasteiger partial charge in [0.15, 0.2) is 6.29 Å². The van der Waals surface area contributed by atoms with Crippen molar-refractivity contribution >= 4 is 0 Å². The molecule has 0 radical (unpaired) electrons. The van der Waals surface area contributed by atoms with Gasteiger partial charge in [-0.15, -0.1) is 0 Å². The topological polar surface area (TPSA) is 53.7 Å². The second kappa shape index (κ2) is 4.18. The summed E-state index contributed by atoms with van der Waals surface area (Å²) in [5, 5.41) is 0. The third-order valence-corrected chi connectivity index (χ3v) is 1.98. The van der Waals surface area contributed by atoms with Crippen LogP contribution in [0.2, 0.25) is 0 Å². The first-order valence-corrected chi connectivity index (χ1v) is 4.25. The Morgan fingerprint density at radius 3 is 2.67 bits per heavy atom. The average molecular weight is 175 g/mol. The number of hydrogen-bond acceptors (Lipinski definition) is 4. The van der Waals surface area contributed by atoms with Crippen LogP contribution in [0.3, 0.4) is 0 Å². The molecule has 0 aromatic heterocycles. The standard InChI is InChI=1S/C8H17NO3/c1-8(2,12-9)4-6-11-7-3-5-10-7/h7H,3-6,9H2,1-2H3. The molecule has 1 heterocycles. The largest absolute Gasteiger partial charge is 0.352 e. The lowest BCUT2D eigenvalue weighted by atomic mass is 10.1. The Labute approximate surface area is 72.9 Å². The molecule has 0 saturated carbocycles. The van der Waals surface area contributed by atoms with Crippen LogP contribution in [0.4, 0.5) is 0 Å². The summed E-state index contributed by atoms with van der Waals surface area (Å²) in [5.41, 5.74) is -0.302. The molecule has 2 N–H and O–H groups in total. The van der Waals surface area contributed by atoms with Gasteiger partial charge < -0.3 is 9.47 Å². The van der Waals surface area contributed by atoms with Crippen LogP contribution < -0.4 is 5.90 Å². The van der Waals surface area contributed by atoms with Gasteiger partial charge in [-0.3, -0.25) is 4.84 Å². The van der Waals surface area contributed by atoms with E-state index in [1.807, 2.05) is 13.8 Å². The zero-order chi connectivity index (χ0) is 9.03. The SMILES string of the molecule is CC(C)(CCOC1CCO1)ON. The van der Waals surface area contributed by atoms with Crippen molar-refractivity contribution in [3.05, 3.63) is 0 Å². The van der Waals surface area contributed by atoms with Gasteiger partial charge in [-0.2, -0.15) is 0 Å². The highest BCUT2D eigenvalue weighted by atomic mass is 16.7. The zero-order valence-electron chi connectivity index (χ0n) is 7.71. The van der Waals surface area contributed by atoms with Gasteiger partial charge in [-0.25, -0.2) is 5.90 Å². The van der Waals surface area contributed by atoms with Gasteiger partial charge in [0.25, 0.3) is 0 Å². The summed E-state index contributed by atoms with van der Waals surface area (Å²) in [5.74, 6) is 5.08. The predicted molar refractivity (Wildman–Crippen MR) is 44.3 cm³/mol. The molecule has 1 unspecified atom stereocenters. The fourth-order valence-electron chi connectivity index (χ4n) is 0.841. The molecular weight excluding hydrogens is 158 g/mol. The van der Waals surface area contributed by atoms with Crippen LogP contribution in [0.5, 0.6) is 0 Å². The highest BCUT2D eigenvalue weighted by Gasteiger charge is 2.21. The Hall–Kier alpha value is -0.160. The van der Waals surface area contributed by atoms with E-state index in [0.717, 1.165) is 19.4 Å². The molecule has 1 atom stereocenters. The molecule has 1 saturated heterocycles. The third-order valence-electron chi connectivity index (χ3n) is 1.98. The smallest absolute Gasteiger partial charge is 0.159 e. The summed E-state index contributed by atoms with van der Waals surface area (Å²) in [4.78, 5) is 4.75. The summed E-state index contributed by atoms with van der Waals surface area (Å²) in [6, 6.07) is 0. The van der Waals surface area contributed by atoms with Gasteiger partial charge in [0, 0.05) is 12.8 Å². The molecule has 0 amide bonds. The molecule has 0 aliphatic carbocycles. The van der Waals surface area contributed by atoms with E-state index in [-0.39, 0.29) is 11.9 Å². The van der Waals surface area contributed by atoms with Crippen LogP contribution in [0.1, 0.15) is 26.7 Å². The Morgan fingerprint density at radius 2 is 2.25 bits per heavy atom. The van der Waals surface area contributed by atoms with Crippen molar-refractivity contribution in [1.82, 2.24) is 0 Å². The molecule has 1 aliphatic rings. The quantitative estimate of drug-likeness (QED) is 0.628. The number of ether oxygens (including phenoxy) is 2. The van der Waals surface area contributed by atoms with Crippen molar-refractivity contribution in [2.45, 2.75) is 38.6 Å². The van der Waals surface area contributed by atoms with E-state index in [4.69, 9.17) is 20.2 Å². The van der Waals surface area contributed by atoms with Gasteiger partial charge in [0.05, 0.1) is 18.8 Å². The fourth-order valence-corrected chi connectivity index (χ4v) is 0.841. The Morgan fingerprint density at radius 1 is 1.58 bits per heavy atom. The Balaban J connectivity index is 2.00. The summed E-state index contributed by atoms with van der Waals surface area (Å²) in [6.07, 6.45) is 1.80. The summed E-state index contributed by atoms with van der Waals surface area (Å²) in [7, 11) is 0. The van der Waals surface area contributed by atoms with Gasteiger partial charge in [0.1, 0.15) is 0 Å². The highest BCUT2D eigenvalue weighted by Crippen LogP contribution is 2.16. The van der Waals surface area contributed by atoms with E-state index in [1.165, 1.54) is 0 Å². The molecule has 72 valence electrons. The normalized spacial score (nSPS) is 23.8. The monoisotopic (exact) mass is 175 g/mol. The zero-order valence-corrected chi connectivity index (χ0v) is 7.71. The first-order valence-electron chi connectivity index (χ1n) is 4.25. The van der Waals surface area contributed by atoms with Crippen LogP contribution in [-0.2, 0) is 14.3 Å². The molecule has 1 aliphatic heterocycles. The van der Waals surface area contributed by atoms with Gasteiger partial charge in [-0.05, 0) is 13.8 Å². The first-order chi connectivity index (χ1) is 5.64. The molecule has 1 rings (SSSR count). The van der Waals surface area contributed by atoms with Crippen molar-refractivity contribution in [2.24, 2.45) is 5.90 Å². The van der Waals surface area contributed by atoms with E-state index in [2.05, 4.69) is 0 Å². The van der Waals surface area contributed by atoms with Crippen LogP contribution in [0.15, 0.2) is 0 Å². The first kappa shape index (κ1) is 9.92. The van der Waals surface area contributed by atoms with E-state index in [0.29, 0.717) is 6.61 Å². The minimum atomic E-state index is -0.302. The molecule has 12 heavy (non-hydrogen) atoms. The van der Waals surface area contributed by atoms with Crippen LogP contribution >= 0.6 is 0 Å². The number of rotatable bonds is 5. The van der Waals surface area contributed by atoms with E-state index in [1.54, 1.807) is 0 Å². The lowest BCUT2D eigenvalue weighted by Gasteiger charge is -2.28. The molecule has 0 spiro atoms. The van der Waals surface area contributed by atoms with Gasteiger partial charge in [-0.1, -0.05) is 0 Å². The van der Waals surface area contributed by atoms with Gasteiger partial charge in [0.2, 0.25) is 0 Å². The lowest BCUT2D eigenvalue weighted by Crippen LogP contribution is -2.34. The number of nitrogens with two attached hydrogens (primary N) is 1. The average Bonchev–Trinajstić information content (AvgIpc) is 1.95.